The molecule has 0 heterocycles. The molecule has 0 aromatic heterocycles. The van der Waals surface area contributed by atoms with Crippen LogP contribution < -0.4 is 0 Å². The van der Waals surface area contributed by atoms with Crippen molar-refractivity contribution in [1.82, 2.24) is 0 Å². The lowest BCUT2D eigenvalue weighted by atomic mass is 10.1. The van der Waals surface area contributed by atoms with Gasteiger partial charge in [0.05, 0.1) is 27.7 Å². The first-order valence-corrected chi connectivity index (χ1v) is 23.7. The van der Waals surface area contributed by atoms with E-state index in [-0.39, 0.29) is 32.0 Å². The molecule has 1 N–H and O–H groups in total. The lowest BCUT2D eigenvalue weighted by Crippen LogP contribution is -2.37. The molecule has 2 atom stereocenters. The molecule has 0 saturated heterocycles. The van der Waals surface area contributed by atoms with E-state index in [4.69, 9.17) is 18.5 Å². The third-order valence-electron chi connectivity index (χ3n) is 9.00. The van der Waals surface area contributed by atoms with E-state index >= 15 is 0 Å². The number of nitrogens with zero attached hydrogens (tertiary/aromatic N) is 1. The van der Waals surface area contributed by atoms with Crippen LogP contribution in [0.1, 0.15) is 162 Å². The average Bonchev–Trinajstić information content (AvgIpc) is 3.16. The van der Waals surface area contributed by atoms with E-state index in [1.807, 2.05) is 21.1 Å². The molecular formula is C47H83NO8P+. The molecule has 0 rings (SSSR count). The Balaban J connectivity index is 4.28. The zero-order chi connectivity index (χ0) is 42.1. The van der Waals surface area contributed by atoms with E-state index in [1.54, 1.807) is 0 Å². The van der Waals surface area contributed by atoms with E-state index in [2.05, 4.69) is 86.8 Å². The summed E-state index contributed by atoms with van der Waals surface area (Å²) in [5.41, 5.74) is 0. The van der Waals surface area contributed by atoms with Gasteiger partial charge in [-0.05, 0) is 64.2 Å². The van der Waals surface area contributed by atoms with Crippen LogP contribution in [-0.2, 0) is 32.7 Å². The van der Waals surface area contributed by atoms with Gasteiger partial charge in [-0.3, -0.25) is 18.6 Å². The van der Waals surface area contributed by atoms with Crippen molar-refractivity contribution in [3.8, 4) is 0 Å². The number of allylic oxidation sites excluding steroid dienone is 12. The van der Waals surface area contributed by atoms with E-state index in [0.29, 0.717) is 17.4 Å². The van der Waals surface area contributed by atoms with Gasteiger partial charge >= 0.3 is 19.8 Å². The number of phosphoric acid groups is 1. The zero-order valence-electron chi connectivity index (χ0n) is 36.8. The third-order valence-corrected chi connectivity index (χ3v) is 9.99. The highest BCUT2D eigenvalue weighted by atomic mass is 31.2. The number of likely N-dealkylation sites (N-methyl/N-ethyl adjacent to an activating group) is 1. The Morgan fingerprint density at radius 2 is 1.00 bits per heavy atom. The predicted octanol–water partition coefficient (Wildman–Crippen LogP) is 12.6. The van der Waals surface area contributed by atoms with Gasteiger partial charge in [-0.15, -0.1) is 0 Å². The van der Waals surface area contributed by atoms with Crippen molar-refractivity contribution in [2.75, 3.05) is 47.5 Å². The van der Waals surface area contributed by atoms with Crippen LogP contribution in [-0.4, -0.2) is 74.9 Å². The number of rotatable bonds is 39. The van der Waals surface area contributed by atoms with Crippen LogP contribution in [0.4, 0.5) is 0 Å². The minimum atomic E-state index is -4.38. The Bertz CT molecular complexity index is 1200. The summed E-state index contributed by atoms with van der Waals surface area (Å²) in [6.45, 7) is 4.24. The fourth-order valence-electron chi connectivity index (χ4n) is 5.55. The normalized spacial score (nSPS) is 14.3. The van der Waals surface area contributed by atoms with E-state index in [0.717, 1.165) is 96.3 Å². The standard InChI is InChI=1S/C47H82NO8P/c1-6-8-10-12-14-16-17-18-19-20-21-22-23-24-25-26-27-28-29-30-31-32-34-36-38-40-47(50)56-45(44-55-57(51,52)54-42-41-48(3,4)5)43-53-46(49)39-37-35-33-15-13-11-9-7-2/h8,10,14,16,18-19,21-22,24-25,27-28,45H,6-7,9,11-13,15,17,20,23,26,29-44H2,1-5H3/p+1/b10-8-,16-14-,19-18-,22-21-,25-24-,28-27-. The number of hydrogen-bond donors (Lipinski definition) is 1. The summed E-state index contributed by atoms with van der Waals surface area (Å²) in [6.07, 6.45) is 48.2. The van der Waals surface area contributed by atoms with Gasteiger partial charge in [0.25, 0.3) is 0 Å². The minimum Gasteiger partial charge on any atom is -0.462 e. The Hall–Kier alpha value is -2.55. The van der Waals surface area contributed by atoms with Gasteiger partial charge in [-0.1, -0.05) is 157 Å². The highest BCUT2D eigenvalue weighted by Gasteiger charge is 2.27. The Morgan fingerprint density at radius 1 is 0.561 bits per heavy atom. The molecule has 0 aliphatic carbocycles. The molecule has 328 valence electrons. The van der Waals surface area contributed by atoms with Crippen LogP contribution >= 0.6 is 7.82 Å². The topological polar surface area (TPSA) is 108 Å². The first kappa shape index (κ1) is 54.5. The maximum absolute atomic E-state index is 12.7. The number of hydrogen-bond acceptors (Lipinski definition) is 7. The number of carbonyl (C=O) groups is 2. The molecule has 10 heteroatoms. The number of phosphoric ester groups is 1. The molecule has 0 aliphatic rings. The Labute approximate surface area is 348 Å². The molecule has 0 aliphatic heterocycles. The van der Waals surface area contributed by atoms with Crippen LogP contribution in [0.15, 0.2) is 72.9 Å². The maximum atomic E-state index is 12.7. The van der Waals surface area contributed by atoms with Crippen LogP contribution in [0.2, 0.25) is 0 Å². The highest BCUT2D eigenvalue weighted by Crippen LogP contribution is 2.43. The zero-order valence-corrected chi connectivity index (χ0v) is 37.7. The smallest absolute Gasteiger partial charge is 0.462 e. The van der Waals surface area contributed by atoms with Crippen molar-refractivity contribution in [3.63, 3.8) is 0 Å². The first-order valence-electron chi connectivity index (χ1n) is 22.2. The second kappa shape index (κ2) is 38.9. The molecule has 0 fully saturated rings. The molecule has 57 heavy (non-hydrogen) atoms. The maximum Gasteiger partial charge on any atom is 0.472 e. The molecule has 0 aromatic carbocycles. The van der Waals surface area contributed by atoms with Gasteiger partial charge in [0.15, 0.2) is 6.10 Å². The summed E-state index contributed by atoms with van der Waals surface area (Å²) >= 11 is 0. The second-order valence-electron chi connectivity index (χ2n) is 15.7. The van der Waals surface area contributed by atoms with Crippen molar-refractivity contribution in [2.45, 2.75) is 168 Å². The van der Waals surface area contributed by atoms with Gasteiger partial charge in [0, 0.05) is 12.8 Å². The number of ether oxygens (including phenoxy) is 2. The van der Waals surface area contributed by atoms with E-state index in [1.165, 1.54) is 32.1 Å². The van der Waals surface area contributed by atoms with Gasteiger partial charge in [0.2, 0.25) is 0 Å². The summed E-state index contributed by atoms with van der Waals surface area (Å²) in [4.78, 5) is 35.2. The average molecular weight is 821 g/mol. The monoisotopic (exact) mass is 821 g/mol. The number of unbranched alkanes of at least 4 members (excludes halogenated alkanes) is 13. The first-order chi connectivity index (χ1) is 27.5. The summed E-state index contributed by atoms with van der Waals surface area (Å²) < 4.78 is 34.2. The fourth-order valence-corrected chi connectivity index (χ4v) is 6.29. The summed E-state index contributed by atoms with van der Waals surface area (Å²) in [7, 11) is 1.45. The SMILES string of the molecule is CC/C=C\C/C=C\C/C=C\C/C=C\C/C=C\C/C=C\CCCCCCCCC(=O)OC(COC(=O)CCCCCCCCCC)COP(=O)(O)OCC[N+](C)(C)C. The summed E-state index contributed by atoms with van der Waals surface area (Å²) in [5, 5.41) is 0. The highest BCUT2D eigenvalue weighted by molar-refractivity contribution is 7.47. The summed E-state index contributed by atoms with van der Waals surface area (Å²) in [6, 6.07) is 0. The Kier molecular flexibility index (Phi) is 37.2. The lowest BCUT2D eigenvalue weighted by Gasteiger charge is -2.24. The molecule has 0 radical (unpaired) electrons. The predicted molar refractivity (Wildman–Crippen MR) is 238 cm³/mol. The van der Waals surface area contributed by atoms with Crippen molar-refractivity contribution >= 4 is 19.8 Å². The van der Waals surface area contributed by atoms with Gasteiger partial charge in [0.1, 0.15) is 19.8 Å². The minimum absolute atomic E-state index is 0.0256. The van der Waals surface area contributed by atoms with Crippen LogP contribution in [0.5, 0.6) is 0 Å². The number of quaternary nitrogens is 1. The number of esters is 2. The molecule has 2 unspecified atom stereocenters. The van der Waals surface area contributed by atoms with Crippen molar-refractivity contribution in [3.05, 3.63) is 72.9 Å². The largest absolute Gasteiger partial charge is 0.472 e. The van der Waals surface area contributed by atoms with Crippen LogP contribution in [0, 0.1) is 0 Å². The van der Waals surface area contributed by atoms with Crippen molar-refractivity contribution < 1.29 is 42.1 Å². The van der Waals surface area contributed by atoms with E-state index < -0.39 is 26.5 Å². The van der Waals surface area contributed by atoms with Gasteiger partial charge in [-0.25, -0.2) is 4.57 Å². The van der Waals surface area contributed by atoms with Crippen LogP contribution in [0.3, 0.4) is 0 Å². The second-order valence-corrected chi connectivity index (χ2v) is 17.2. The van der Waals surface area contributed by atoms with Crippen LogP contribution in [0.25, 0.3) is 0 Å². The molecule has 0 saturated carbocycles. The molecule has 0 bridgehead atoms. The molecule has 9 nitrogen and oxygen atoms in total. The fraction of sp³-hybridized carbons (Fsp3) is 0.702. The molecule has 0 spiro atoms. The molecule has 0 aromatic rings. The molecule has 0 amide bonds. The van der Waals surface area contributed by atoms with Gasteiger partial charge < -0.3 is 18.9 Å². The quantitative estimate of drug-likeness (QED) is 0.0215. The van der Waals surface area contributed by atoms with Crippen molar-refractivity contribution in [2.24, 2.45) is 0 Å². The molecular weight excluding hydrogens is 737 g/mol. The van der Waals surface area contributed by atoms with Gasteiger partial charge in [-0.2, -0.15) is 0 Å². The van der Waals surface area contributed by atoms with Crippen molar-refractivity contribution in [1.29, 1.82) is 0 Å². The third kappa shape index (κ3) is 42.9. The Morgan fingerprint density at radius 3 is 1.49 bits per heavy atom. The summed E-state index contributed by atoms with van der Waals surface area (Å²) in [5.74, 6) is -0.826. The lowest BCUT2D eigenvalue weighted by molar-refractivity contribution is -0.870. The number of carbonyl (C=O) groups excluding carboxylic acids is 2. The van der Waals surface area contributed by atoms with E-state index in [9.17, 15) is 19.0 Å².